The van der Waals surface area contributed by atoms with Gasteiger partial charge in [-0.15, -0.1) is 0 Å². The zero-order valence-corrected chi connectivity index (χ0v) is 5.88. The maximum atomic E-state index is 12.8. The maximum absolute atomic E-state index is 12.8. The maximum Gasteiger partial charge on any atom is 0.197 e. The molecule has 1 atom stereocenters. The predicted molar refractivity (Wildman–Crippen MR) is 39.4 cm³/mol. The Hall–Kier alpha value is -1.18. The van der Waals surface area contributed by atoms with Crippen LogP contribution < -0.4 is 0 Å². The Kier molecular flexibility index (Phi) is 1.28. The molecule has 0 aliphatic heterocycles. The van der Waals surface area contributed by atoms with E-state index in [1.165, 1.54) is 0 Å². The quantitative estimate of drug-likeness (QED) is 0.550. The van der Waals surface area contributed by atoms with Crippen molar-refractivity contribution in [3.63, 3.8) is 0 Å². The van der Waals surface area contributed by atoms with Crippen molar-refractivity contribution in [3.05, 3.63) is 35.4 Å². The molecule has 0 spiro atoms. The summed E-state index contributed by atoms with van der Waals surface area (Å²) in [5, 5.41) is 0. The lowest BCUT2D eigenvalue weighted by Gasteiger charge is -1.91. The Morgan fingerprint density at radius 1 is 1.36 bits per heavy atom. The molecule has 0 N–H and O–H groups in total. The normalized spacial score (nSPS) is 21.9. The molecule has 1 unspecified atom stereocenters. The molecular formula is C9H7FO. The number of carbonyl (C=O) groups is 1. The number of rotatable bonds is 0. The van der Waals surface area contributed by atoms with Crippen molar-refractivity contribution in [2.45, 2.75) is 12.6 Å². The first-order valence-electron chi connectivity index (χ1n) is 3.55. The van der Waals surface area contributed by atoms with Crippen LogP contribution in [-0.4, -0.2) is 12.0 Å². The van der Waals surface area contributed by atoms with Gasteiger partial charge in [0.1, 0.15) is 0 Å². The van der Waals surface area contributed by atoms with Gasteiger partial charge in [0.25, 0.3) is 0 Å². The number of benzene rings is 1. The molecule has 0 aromatic heterocycles. The molecule has 0 saturated carbocycles. The monoisotopic (exact) mass is 150 g/mol. The summed E-state index contributed by atoms with van der Waals surface area (Å²) in [6.07, 6.45) is -1.04. The number of ketones is 1. The Balaban J connectivity index is 2.55. The number of carbonyl (C=O) groups excluding carboxylic acids is 1. The van der Waals surface area contributed by atoms with Gasteiger partial charge in [0.2, 0.25) is 0 Å². The van der Waals surface area contributed by atoms with E-state index < -0.39 is 6.17 Å². The number of halogens is 1. The molecule has 0 bridgehead atoms. The minimum atomic E-state index is -1.30. The van der Waals surface area contributed by atoms with Crippen LogP contribution in [0.4, 0.5) is 4.39 Å². The molecule has 1 aromatic carbocycles. The van der Waals surface area contributed by atoms with E-state index in [1.807, 2.05) is 6.07 Å². The third kappa shape index (κ3) is 0.862. The molecule has 1 aromatic rings. The van der Waals surface area contributed by atoms with Crippen molar-refractivity contribution in [2.75, 3.05) is 0 Å². The lowest BCUT2D eigenvalue weighted by Crippen LogP contribution is -2.07. The van der Waals surface area contributed by atoms with Gasteiger partial charge in [-0.3, -0.25) is 4.79 Å². The third-order valence-corrected chi connectivity index (χ3v) is 1.97. The van der Waals surface area contributed by atoms with Crippen LogP contribution in [0.5, 0.6) is 0 Å². The van der Waals surface area contributed by atoms with Crippen LogP contribution in [0.1, 0.15) is 15.9 Å². The molecule has 11 heavy (non-hydrogen) atoms. The second-order valence-corrected chi connectivity index (χ2v) is 2.69. The van der Waals surface area contributed by atoms with Crippen LogP contribution in [0.15, 0.2) is 24.3 Å². The lowest BCUT2D eigenvalue weighted by atomic mass is 10.1. The molecule has 0 fully saturated rings. The summed E-state index contributed by atoms with van der Waals surface area (Å²) < 4.78 is 12.8. The fourth-order valence-corrected chi connectivity index (χ4v) is 1.39. The largest absolute Gasteiger partial charge is 0.291 e. The highest BCUT2D eigenvalue weighted by Crippen LogP contribution is 2.23. The highest BCUT2D eigenvalue weighted by Gasteiger charge is 2.29. The Morgan fingerprint density at radius 2 is 2.09 bits per heavy atom. The lowest BCUT2D eigenvalue weighted by molar-refractivity contribution is 0.0899. The number of alkyl halides is 1. The molecule has 0 heterocycles. The molecule has 2 heteroatoms. The van der Waals surface area contributed by atoms with E-state index in [2.05, 4.69) is 0 Å². The van der Waals surface area contributed by atoms with Gasteiger partial charge in [0.05, 0.1) is 0 Å². The number of Topliss-reactive ketones (excluding diaryl/α,β-unsaturated/α-hetero) is 1. The zero-order chi connectivity index (χ0) is 7.84. The smallest absolute Gasteiger partial charge is 0.197 e. The van der Waals surface area contributed by atoms with Crippen molar-refractivity contribution in [2.24, 2.45) is 0 Å². The van der Waals surface area contributed by atoms with Crippen LogP contribution in [0.25, 0.3) is 0 Å². The number of hydrogen-bond donors (Lipinski definition) is 0. The van der Waals surface area contributed by atoms with E-state index >= 15 is 0 Å². The first-order chi connectivity index (χ1) is 5.29. The molecular weight excluding hydrogens is 143 g/mol. The van der Waals surface area contributed by atoms with Gasteiger partial charge >= 0.3 is 0 Å². The van der Waals surface area contributed by atoms with Gasteiger partial charge in [-0.1, -0.05) is 24.3 Å². The van der Waals surface area contributed by atoms with Crippen LogP contribution in [0.2, 0.25) is 0 Å². The first kappa shape index (κ1) is 6.53. The van der Waals surface area contributed by atoms with Crippen LogP contribution in [-0.2, 0) is 6.42 Å². The van der Waals surface area contributed by atoms with E-state index in [9.17, 15) is 9.18 Å². The van der Waals surface area contributed by atoms with E-state index in [1.54, 1.807) is 18.2 Å². The second kappa shape index (κ2) is 2.16. The van der Waals surface area contributed by atoms with E-state index in [4.69, 9.17) is 0 Å². The van der Waals surface area contributed by atoms with Crippen LogP contribution >= 0.6 is 0 Å². The van der Waals surface area contributed by atoms with Gasteiger partial charge in [-0.05, 0) is 5.56 Å². The standard InChI is InChI=1S/C9H7FO/c10-8-5-6-3-1-2-4-7(6)9(8)11/h1-4,8H,5H2. The highest BCUT2D eigenvalue weighted by atomic mass is 19.1. The Bertz CT molecular complexity index is 306. The van der Waals surface area contributed by atoms with Gasteiger partial charge in [0, 0.05) is 12.0 Å². The summed E-state index contributed by atoms with van der Waals surface area (Å²) >= 11 is 0. The second-order valence-electron chi connectivity index (χ2n) is 2.69. The van der Waals surface area contributed by atoms with Gasteiger partial charge < -0.3 is 0 Å². The van der Waals surface area contributed by atoms with Crippen LogP contribution in [0, 0.1) is 0 Å². The zero-order valence-electron chi connectivity index (χ0n) is 5.88. The van der Waals surface area contributed by atoms with Crippen molar-refractivity contribution in [1.29, 1.82) is 0 Å². The minimum absolute atomic E-state index is 0.259. The van der Waals surface area contributed by atoms with Gasteiger partial charge in [0.15, 0.2) is 12.0 Å². The molecule has 1 nitrogen and oxygen atoms in total. The average Bonchev–Trinajstić information content (AvgIpc) is 2.30. The Morgan fingerprint density at radius 3 is 2.82 bits per heavy atom. The molecule has 0 radical (unpaired) electrons. The molecule has 0 amide bonds. The number of fused-ring (bicyclic) bond motifs is 1. The van der Waals surface area contributed by atoms with Crippen molar-refractivity contribution in [3.8, 4) is 0 Å². The third-order valence-electron chi connectivity index (χ3n) is 1.97. The van der Waals surface area contributed by atoms with Crippen molar-refractivity contribution < 1.29 is 9.18 Å². The first-order valence-corrected chi connectivity index (χ1v) is 3.55. The van der Waals surface area contributed by atoms with E-state index in [0.717, 1.165) is 5.56 Å². The molecule has 2 rings (SSSR count). The highest BCUT2D eigenvalue weighted by molar-refractivity contribution is 6.03. The summed E-state index contributed by atoms with van der Waals surface area (Å²) in [6, 6.07) is 7.06. The Labute approximate surface area is 63.8 Å². The summed E-state index contributed by atoms with van der Waals surface area (Å²) in [7, 11) is 0. The fraction of sp³-hybridized carbons (Fsp3) is 0.222. The average molecular weight is 150 g/mol. The minimum Gasteiger partial charge on any atom is -0.291 e. The summed E-state index contributed by atoms with van der Waals surface area (Å²) in [5.74, 6) is -0.361. The predicted octanol–water partition coefficient (Wildman–Crippen LogP) is 1.76. The molecule has 56 valence electrons. The topological polar surface area (TPSA) is 17.1 Å². The van der Waals surface area contributed by atoms with Crippen LogP contribution in [0.3, 0.4) is 0 Å². The fourth-order valence-electron chi connectivity index (χ4n) is 1.39. The summed E-state index contributed by atoms with van der Waals surface area (Å²) in [4.78, 5) is 11.0. The van der Waals surface area contributed by atoms with Gasteiger partial charge in [-0.25, -0.2) is 4.39 Å². The van der Waals surface area contributed by atoms with E-state index in [-0.39, 0.29) is 12.2 Å². The van der Waals surface area contributed by atoms with Crippen molar-refractivity contribution >= 4 is 5.78 Å². The van der Waals surface area contributed by atoms with Gasteiger partial charge in [-0.2, -0.15) is 0 Å². The summed E-state index contributed by atoms with van der Waals surface area (Å²) in [6.45, 7) is 0. The summed E-state index contributed by atoms with van der Waals surface area (Å²) in [5.41, 5.74) is 1.39. The molecule has 1 aliphatic carbocycles. The molecule has 1 aliphatic rings. The van der Waals surface area contributed by atoms with E-state index in [0.29, 0.717) is 5.56 Å². The SMILES string of the molecule is O=C1c2ccccc2CC1F. The number of hydrogen-bond acceptors (Lipinski definition) is 1. The van der Waals surface area contributed by atoms with Crippen molar-refractivity contribution in [1.82, 2.24) is 0 Å². The molecule has 0 saturated heterocycles.